The van der Waals surface area contributed by atoms with Crippen molar-refractivity contribution in [3.63, 3.8) is 0 Å². The summed E-state index contributed by atoms with van der Waals surface area (Å²) in [6, 6.07) is 12.2. The van der Waals surface area contributed by atoms with Crippen molar-refractivity contribution in [2.75, 3.05) is 13.3 Å². The SMILES string of the molecule is CN[C@H]1CC[C@@H](c2ccc(Cl)c(Cl)c2)c2ccc(C=CS(C)(=O)=O)cc21. The summed E-state index contributed by atoms with van der Waals surface area (Å²) in [5, 5.41) is 5.72. The van der Waals surface area contributed by atoms with Gasteiger partial charge in [0.1, 0.15) is 0 Å². The Kier molecular flexibility index (Phi) is 5.78. The summed E-state index contributed by atoms with van der Waals surface area (Å²) in [4.78, 5) is 0. The molecule has 6 heteroatoms. The highest BCUT2D eigenvalue weighted by atomic mass is 35.5. The number of halogens is 2. The number of rotatable bonds is 4. The second-order valence-electron chi connectivity index (χ2n) is 6.67. The van der Waals surface area contributed by atoms with Crippen LogP contribution in [0.15, 0.2) is 41.8 Å². The average Bonchev–Trinajstić information content (AvgIpc) is 2.60. The highest BCUT2D eigenvalue weighted by Crippen LogP contribution is 2.42. The van der Waals surface area contributed by atoms with Crippen molar-refractivity contribution in [1.29, 1.82) is 0 Å². The van der Waals surface area contributed by atoms with Gasteiger partial charge in [0.25, 0.3) is 0 Å². The zero-order valence-corrected chi connectivity index (χ0v) is 17.0. The van der Waals surface area contributed by atoms with E-state index in [2.05, 4.69) is 17.4 Å². The average molecular weight is 410 g/mol. The Balaban J connectivity index is 2.04. The fraction of sp³-hybridized carbons (Fsp3) is 0.300. The lowest BCUT2D eigenvalue weighted by Gasteiger charge is -2.32. The van der Waals surface area contributed by atoms with Crippen LogP contribution >= 0.6 is 23.2 Å². The Morgan fingerprint density at radius 1 is 1.04 bits per heavy atom. The Labute approximate surface area is 164 Å². The lowest BCUT2D eigenvalue weighted by molar-refractivity contribution is 0.471. The van der Waals surface area contributed by atoms with Crippen molar-refractivity contribution in [3.8, 4) is 0 Å². The van der Waals surface area contributed by atoms with E-state index in [-0.39, 0.29) is 12.0 Å². The number of hydrogen-bond acceptors (Lipinski definition) is 3. The molecule has 2 aromatic carbocycles. The molecule has 0 fully saturated rings. The standard InChI is InChI=1S/C20H21Cl2NO2S/c1-23-20-8-6-15(14-4-7-18(21)19(22)12-14)16-5-3-13(11-17(16)20)9-10-26(2,24)25/h3-5,7,9-12,15,20,23H,6,8H2,1-2H3/t15-,20-/m0/s1. The Hall–Kier alpha value is -1.33. The normalized spacial score (nSPS) is 20.3. The minimum Gasteiger partial charge on any atom is -0.313 e. The molecule has 2 aromatic rings. The summed E-state index contributed by atoms with van der Waals surface area (Å²) in [5.74, 6) is 0.248. The molecule has 0 aromatic heterocycles. The fourth-order valence-electron chi connectivity index (χ4n) is 3.54. The summed E-state index contributed by atoms with van der Waals surface area (Å²) in [6.07, 6.45) is 4.84. The number of benzene rings is 2. The summed E-state index contributed by atoms with van der Waals surface area (Å²) < 4.78 is 22.8. The monoisotopic (exact) mass is 409 g/mol. The van der Waals surface area contributed by atoms with Crippen LogP contribution in [0.5, 0.6) is 0 Å². The smallest absolute Gasteiger partial charge is 0.168 e. The van der Waals surface area contributed by atoms with Crippen LogP contribution in [0.3, 0.4) is 0 Å². The lowest BCUT2D eigenvalue weighted by Crippen LogP contribution is -2.24. The van der Waals surface area contributed by atoms with Crippen LogP contribution in [-0.2, 0) is 9.84 Å². The van der Waals surface area contributed by atoms with Gasteiger partial charge in [-0.05, 0) is 66.4 Å². The Morgan fingerprint density at radius 3 is 2.46 bits per heavy atom. The van der Waals surface area contributed by atoms with Crippen LogP contribution in [0.25, 0.3) is 6.08 Å². The third kappa shape index (κ3) is 4.32. The second kappa shape index (κ2) is 7.73. The van der Waals surface area contributed by atoms with Gasteiger partial charge in [0, 0.05) is 23.6 Å². The first-order chi connectivity index (χ1) is 12.3. The maximum absolute atomic E-state index is 11.4. The van der Waals surface area contributed by atoms with E-state index in [9.17, 15) is 8.42 Å². The molecule has 1 aliphatic carbocycles. The number of hydrogen-bond donors (Lipinski definition) is 1. The van der Waals surface area contributed by atoms with Gasteiger partial charge in [-0.25, -0.2) is 8.42 Å². The molecular formula is C20H21Cl2NO2S. The molecule has 1 aliphatic rings. The van der Waals surface area contributed by atoms with E-state index < -0.39 is 9.84 Å². The van der Waals surface area contributed by atoms with Crippen molar-refractivity contribution in [2.45, 2.75) is 24.8 Å². The van der Waals surface area contributed by atoms with Crippen LogP contribution in [0.4, 0.5) is 0 Å². The molecule has 0 spiro atoms. The molecule has 1 N–H and O–H groups in total. The molecule has 26 heavy (non-hydrogen) atoms. The minimum atomic E-state index is -3.15. The van der Waals surface area contributed by atoms with Gasteiger partial charge < -0.3 is 5.32 Å². The third-order valence-electron chi connectivity index (χ3n) is 4.81. The second-order valence-corrected chi connectivity index (χ2v) is 9.41. The Morgan fingerprint density at radius 2 is 1.81 bits per heavy atom. The van der Waals surface area contributed by atoms with Gasteiger partial charge in [-0.15, -0.1) is 0 Å². The van der Waals surface area contributed by atoms with Gasteiger partial charge in [-0.2, -0.15) is 0 Å². The van der Waals surface area contributed by atoms with Crippen LogP contribution in [-0.4, -0.2) is 21.7 Å². The van der Waals surface area contributed by atoms with E-state index in [1.807, 2.05) is 31.3 Å². The molecule has 0 unspecified atom stereocenters. The van der Waals surface area contributed by atoms with Gasteiger partial charge in [0.05, 0.1) is 10.0 Å². The number of nitrogens with one attached hydrogen (secondary N) is 1. The summed E-state index contributed by atoms with van der Waals surface area (Å²) in [7, 11) is -1.20. The zero-order chi connectivity index (χ0) is 18.9. The summed E-state index contributed by atoms with van der Waals surface area (Å²) in [5.41, 5.74) is 4.47. The molecule has 0 amide bonds. The highest BCUT2D eigenvalue weighted by Gasteiger charge is 2.27. The van der Waals surface area contributed by atoms with Crippen molar-refractivity contribution in [2.24, 2.45) is 0 Å². The molecular weight excluding hydrogens is 389 g/mol. The van der Waals surface area contributed by atoms with Gasteiger partial charge in [0.2, 0.25) is 0 Å². The molecule has 3 nitrogen and oxygen atoms in total. The fourth-order valence-corrected chi connectivity index (χ4v) is 4.25. The van der Waals surface area contributed by atoms with Crippen molar-refractivity contribution < 1.29 is 8.42 Å². The molecule has 0 saturated heterocycles. The zero-order valence-electron chi connectivity index (χ0n) is 14.7. The van der Waals surface area contributed by atoms with Crippen molar-refractivity contribution in [3.05, 3.63) is 74.1 Å². The molecule has 0 heterocycles. The van der Waals surface area contributed by atoms with Crippen LogP contribution in [0.1, 0.15) is 47.1 Å². The predicted octanol–water partition coefficient (Wildman–Crippen LogP) is 5.19. The van der Waals surface area contributed by atoms with Crippen molar-refractivity contribution >= 4 is 39.1 Å². The predicted molar refractivity (Wildman–Crippen MR) is 110 cm³/mol. The van der Waals surface area contributed by atoms with Gasteiger partial charge >= 0.3 is 0 Å². The Bertz CT molecular complexity index is 954. The number of fused-ring (bicyclic) bond motifs is 1. The van der Waals surface area contributed by atoms with E-state index in [0.717, 1.165) is 24.0 Å². The molecule has 3 rings (SSSR count). The molecule has 0 radical (unpaired) electrons. The summed E-state index contributed by atoms with van der Waals surface area (Å²) >= 11 is 12.3. The topological polar surface area (TPSA) is 46.2 Å². The summed E-state index contributed by atoms with van der Waals surface area (Å²) in [6.45, 7) is 0. The van der Waals surface area contributed by atoms with Crippen LogP contribution < -0.4 is 5.32 Å². The largest absolute Gasteiger partial charge is 0.313 e. The quantitative estimate of drug-likeness (QED) is 0.754. The van der Waals surface area contributed by atoms with Crippen LogP contribution in [0, 0.1) is 0 Å². The first kappa shape index (κ1) is 19.4. The first-order valence-electron chi connectivity index (χ1n) is 8.42. The molecule has 2 atom stereocenters. The van der Waals surface area contributed by atoms with Gasteiger partial charge in [0.15, 0.2) is 9.84 Å². The molecule has 138 valence electrons. The number of sulfone groups is 1. The van der Waals surface area contributed by atoms with E-state index in [0.29, 0.717) is 10.0 Å². The first-order valence-corrected chi connectivity index (χ1v) is 11.1. The van der Waals surface area contributed by atoms with E-state index >= 15 is 0 Å². The lowest BCUT2D eigenvalue weighted by atomic mass is 9.76. The maximum Gasteiger partial charge on any atom is 0.168 e. The van der Waals surface area contributed by atoms with Gasteiger partial charge in [-0.1, -0.05) is 41.4 Å². The molecule has 0 bridgehead atoms. The minimum absolute atomic E-state index is 0.246. The molecule has 0 saturated carbocycles. The highest BCUT2D eigenvalue weighted by molar-refractivity contribution is 7.93. The van der Waals surface area contributed by atoms with Gasteiger partial charge in [-0.3, -0.25) is 0 Å². The van der Waals surface area contributed by atoms with E-state index in [1.54, 1.807) is 6.08 Å². The van der Waals surface area contributed by atoms with E-state index in [4.69, 9.17) is 23.2 Å². The van der Waals surface area contributed by atoms with E-state index in [1.165, 1.54) is 22.8 Å². The van der Waals surface area contributed by atoms with Crippen LogP contribution in [0.2, 0.25) is 10.0 Å². The molecule has 0 aliphatic heterocycles. The maximum atomic E-state index is 11.4. The third-order valence-corrected chi connectivity index (χ3v) is 6.18. The van der Waals surface area contributed by atoms with Crippen molar-refractivity contribution in [1.82, 2.24) is 5.32 Å².